The Balaban J connectivity index is 1.81. The van der Waals surface area contributed by atoms with Gasteiger partial charge in [-0.1, -0.05) is 77.9 Å². The summed E-state index contributed by atoms with van der Waals surface area (Å²) in [5.41, 5.74) is 8.20. The van der Waals surface area contributed by atoms with Gasteiger partial charge in [0.05, 0.1) is 11.9 Å². The van der Waals surface area contributed by atoms with E-state index in [0.717, 1.165) is 38.8 Å². The van der Waals surface area contributed by atoms with Crippen molar-refractivity contribution >= 4 is 28.6 Å². The van der Waals surface area contributed by atoms with Crippen LogP contribution in [0.25, 0.3) is 10.9 Å². The van der Waals surface area contributed by atoms with Crippen LogP contribution in [0.1, 0.15) is 63.8 Å². The molecule has 35 heavy (non-hydrogen) atoms. The van der Waals surface area contributed by atoms with E-state index in [-0.39, 0.29) is 10.8 Å². The van der Waals surface area contributed by atoms with Crippen molar-refractivity contribution in [2.24, 2.45) is 10.1 Å². The van der Waals surface area contributed by atoms with Crippen molar-refractivity contribution in [3.05, 3.63) is 95.2 Å². The van der Waals surface area contributed by atoms with Crippen LogP contribution in [0.4, 0.5) is 5.69 Å². The van der Waals surface area contributed by atoms with E-state index in [1.54, 1.807) is 6.21 Å². The Morgan fingerprint density at radius 3 is 2.09 bits per heavy atom. The zero-order chi connectivity index (χ0) is 25.2. The molecule has 0 fully saturated rings. The molecule has 0 aliphatic carbocycles. The van der Waals surface area contributed by atoms with E-state index in [9.17, 15) is 5.11 Å². The number of H-pyrrole nitrogens is 1. The molecule has 5 heteroatoms. The molecule has 5 nitrogen and oxygen atoms in total. The van der Waals surface area contributed by atoms with Gasteiger partial charge in [0.2, 0.25) is 0 Å². The first-order chi connectivity index (χ1) is 16.5. The topological polar surface area (TPSA) is 72.8 Å². The van der Waals surface area contributed by atoms with Crippen LogP contribution < -0.4 is 5.43 Å². The van der Waals surface area contributed by atoms with E-state index in [0.29, 0.717) is 11.6 Å². The first kappa shape index (κ1) is 24.3. The Morgan fingerprint density at radius 1 is 0.857 bits per heavy atom. The summed E-state index contributed by atoms with van der Waals surface area (Å²) in [4.78, 5) is 8.16. The third kappa shape index (κ3) is 5.46. The summed E-state index contributed by atoms with van der Waals surface area (Å²) < 4.78 is 0. The van der Waals surface area contributed by atoms with Crippen molar-refractivity contribution in [3.8, 4) is 5.75 Å². The standard InChI is InChI=1S/C30H34N4O/c1-29(2,3)24-16-20(17-25(27(24)35)30(4,5)6)28(33-22-12-8-7-9-13-22)34-32-19-21-18-31-26-15-11-10-14-23(21)26/h7-19,31,35H,1-6H3,(H,33,34). The van der Waals surface area contributed by atoms with Crippen LogP contribution in [-0.4, -0.2) is 22.1 Å². The lowest BCUT2D eigenvalue weighted by Crippen LogP contribution is -2.23. The van der Waals surface area contributed by atoms with Gasteiger partial charge in [-0.3, -0.25) is 5.43 Å². The molecule has 0 saturated heterocycles. The molecule has 3 N–H and O–H groups in total. The highest BCUT2D eigenvalue weighted by Gasteiger charge is 2.27. The molecule has 4 aromatic rings. The Kier molecular flexibility index (Phi) is 6.53. The van der Waals surface area contributed by atoms with Gasteiger partial charge in [0, 0.05) is 39.4 Å². The van der Waals surface area contributed by atoms with Crippen molar-refractivity contribution in [1.29, 1.82) is 0 Å². The van der Waals surface area contributed by atoms with Gasteiger partial charge in [-0.05, 0) is 41.2 Å². The molecule has 1 heterocycles. The summed E-state index contributed by atoms with van der Waals surface area (Å²) in [6.07, 6.45) is 3.74. The SMILES string of the molecule is CC(C)(C)c1cc(C(=Nc2ccccc2)NN=Cc2c[nH]c3ccccc23)cc(C(C)(C)C)c1O. The number of hydrogen-bond donors (Lipinski definition) is 3. The number of aromatic hydroxyl groups is 1. The van der Waals surface area contributed by atoms with Crippen molar-refractivity contribution in [1.82, 2.24) is 10.4 Å². The fourth-order valence-electron chi connectivity index (χ4n) is 4.06. The molecule has 0 spiro atoms. The minimum Gasteiger partial charge on any atom is -0.507 e. The maximum atomic E-state index is 11.2. The lowest BCUT2D eigenvalue weighted by Gasteiger charge is -2.28. The number of amidine groups is 1. The number of rotatable bonds is 4. The maximum absolute atomic E-state index is 11.2. The van der Waals surface area contributed by atoms with Gasteiger partial charge in [-0.25, -0.2) is 4.99 Å². The van der Waals surface area contributed by atoms with Crippen LogP contribution in [0.2, 0.25) is 0 Å². The van der Waals surface area contributed by atoms with Crippen LogP contribution >= 0.6 is 0 Å². The number of benzene rings is 3. The molecule has 0 atom stereocenters. The quantitative estimate of drug-likeness (QED) is 0.169. The van der Waals surface area contributed by atoms with Crippen LogP contribution in [0.15, 0.2) is 83.0 Å². The number of aromatic nitrogens is 1. The Hall–Kier alpha value is -3.86. The second kappa shape index (κ2) is 9.41. The monoisotopic (exact) mass is 466 g/mol. The summed E-state index contributed by atoms with van der Waals surface area (Å²) in [5.74, 6) is 0.957. The van der Waals surface area contributed by atoms with E-state index in [1.807, 2.05) is 66.9 Å². The summed E-state index contributed by atoms with van der Waals surface area (Å²) in [6.45, 7) is 12.6. The van der Waals surface area contributed by atoms with Gasteiger partial charge in [0.1, 0.15) is 5.75 Å². The largest absolute Gasteiger partial charge is 0.507 e. The number of para-hydroxylation sites is 2. The van der Waals surface area contributed by atoms with Gasteiger partial charge in [0.25, 0.3) is 0 Å². The number of hydrazone groups is 1. The summed E-state index contributed by atoms with van der Waals surface area (Å²) in [6, 6.07) is 22.0. The summed E-state index contributed by atoms with van der Waals surface area (Å²) in [5, 5.41) is 16.8. The molecule has 0 aliphatic heterocycles. The minimum absolute atomic E-state index is 0.245. The van der Waals surface area contributed by atoms with Crippen molar-refractivity contribution in [2.45, 2.75) is 52.4 Å². The number of nitrogens with one attached hydrogen (secondary N) is 2. The minimum atomic E-state index is -0.245. The van der Waals surface area contributed by atoms with Crippen molar-refractivity contribution in [2.75, 3.05) is 0 Å². The Labute approximate surface area is 207 Å². The highest BCUT2D eigenvalue weighted by atomic mass is 16.3. The zero-order valence-electron chi connectivity index (χ0n) is 21.3. The molecule has 0 aliphatic rings. The third-order valence-corrected chi connectivity index (χ3v) is 5.99. The van der Waals surface area contributed by atoms with E-state index in [1.165, 1.54) is 0 Å². The first-order valence-electron chi connectivity index (χ1n) is 11.9. The number of hydrogen-bond acceptors (Lipinski definition) is 3. The van der Waals surface area contributed by atoms with Gasteiger partial charge >= 0.3 is 0 Å². The normalized spacial score (nSPS) is 13.0. The molecule has 0 bridgehead atoms. The van der Waals surface area contributed by atoms with E-state index in [2.05, 4.69) is 63.1 Å². The third-order valence-electron chi connectivity index (χ3n) is 5.99. The molecule has 0 unspecified atom stereocenters. The number of aliphatic imine (C=N–C) groups is 1. The lowest BCUT2D eigenvalue weighted by atomic mass is 9.78. The van der Waals surface area contributed by atoms with Gasteiger partial charge in [0.15, 0.2) is 5.84 Å². The highest BCUT2D eigenvalue weighted by molar-refractivity contribution is 6.03. The summed E-state index contributed by atoms with van der Waals surface area (Å²) >= 11 is 0. The number of aromatic amines is 1. The molecule has 180 valence electrons. The van der Waals surface area contributed by atoms with Crippen LogP contribution in [0.3, 0.4) is 0 Å². The van der Waals surface area contributed by atoms with Crippen LogP contribution in [0, 0.1) is 0 Å². The number of phenols is 1. The van der Waals surface area contributed by atoms with Crippen molar-refractivity contribution < 1.29 is 5.11 Å². The van der Waals surface area contributed by atoms with Gasteiger partial charge < -0.3 is 10.1 Å². The molecular formula is C30H34N4O. The fraction of sp³-hybridized carbons (Fsp3) is 0.267. The molecule has 4 rings (SSSR count). The molecular weight excluding hydrogens is 432 g/mol. The van der Waals surface area contributed by atoms with Crippen LogP contribution in [0.5, 0.6) is 5.75 Å². The highest BCUT2D eigenvalue weighted by Crippen LogP contribution is 2.40. The Bertz CT molecular complexity index is 1350. The predicted molar refractivity (Wildman–Crippen MR) is 147 cm³/mol. The molecule has 3 aromatic carbocycles. The second-order valence-electron chi connectivity index (χ2n) is 10.9. The summed E-state index contributed by atoms with van der Waals surface area (Å²) in [7, 11) is 0. The molecule has 1 aromatic heterocycles. The maximum Gasteiger partial charge on any atom is 0.154 e. The predicted octanol–water partition coefficient (Wildman–Crippen LogP) is 7.17. The fourth-order valence-corrected chi connectivity index (χ4v) is 4.06. The van der Waals surface area contributed by atoms with E-state index < -0.39 is 0 Å². The second-order valence-corrected chi connectivity index (χ2v) is 10.9. The molecule has 0 radical (unpaired) electrons. The Morgan fingerprint density at radius 2 is 1.46 bits per heavy atom. The van der Waals surface area contributed by atoms with Crippen LogP contribution in [-0.2, 0) is 10.8 Å². The number of phenolic OH excluding ortho intramolecular Hbond substituents is 1. The number of nitrogens with zero attached hydrogens (tertiary/aromatic N) is 2. The zero-order valence-corrected chi connectivity index (χ0v) is 21.3. The lowest BCUT2D eigenvalue weighted by molar-refractivity contribution is 0.423. The average molecular weight is 467 g/mol. The molecule has 0 amide bonds. The average Bonchev–Trinajstić information content (AvgIpc) is 3.21. The van der Waals surface area contributed by atoms with E-state index in [4.69, 9.17) is 4.99 Å². The van der Waals surface area contributed by atoms with Gasteiger partial charge in [-0.15, -0.1) is 0 Å². The molecule has 0 saturated carbocycles. The van der Waals surface area contributed by atoms with E-state index >= 15 is 0 Å². The smallest absolute Gasteiger partial charge is 0.154 e. The first-order valence-corrected chi connectivity index (χ1v) is 11.9. The number of fused-ring (bicyclic) bond motifs is 1. The van der Waals surface area contributed by atoms with Gasteiger partial charge in [-0.2, -0.15) is 5.10 Å². The van der Waals surface area contributed by atoms with Crippen molar-refractivity contribution in [3.63, 3.8) is 0 Å².